The first kappa shape index (κ1) is 78.1. The van der Waals surface area contributed by atoms with Crippen molar-refractivity contribution in [3.8, 4) is 34.5 Å². The maximum atomic E-state index is 14.5. The third-order valence-corrected chi connectivity index (χ3v) is 17.0. The molecular weight excluding hydrogens is 1360 g/mol. The van der Waals surface area contributed by atoms with Gasteiger partial charge in [0.25, 0.3) is 0 Å². The molecule has 0 spiro atoms. The average Bonchev–Trinajstić information content (AvgIpc) is 1.52. The summed E-state index contributed by atoms with van der Waals surface area (Å²) >= 11 is 0. The van der Waals surface area contributed by atoms with Gasteiger partial charge in [0.1, 0.15) is 111 Å². The lowest BCUT2D eigenvalue weighted by atomic mass is 9.95. The molecule has 5 heterocycles. The molecule has 5 aliphatic heterocycles. The first-order valence-corrected chi connectivity index (χ1v) is 31.6. The zero-order valence-corrected chi connectivity index (χ0v) is 54.7. The Morgan fingerprint density at radius 3 is 1.52 bits per heavy atom. The Hall–Kier alpha value is -8.06. The van der Waals surface area contributed by atoms with Gasteiger partial charge in [-0.1, -0.05) is 36.4 Å². The first-order valence-electron chi connectivity index (χ1n) is 31.6. The zero-order chi connectivity index (χ0) is 73.9. The van der Waals surface area contributed by atoms with Crippen molar-refractivity contribution in [2.75, 3.05) is 54.4 Å². The lowest BCUT2D eigenvalue weighted by molar-refractivity contribution is -0.421. The van der Waals surface area contributed by atoms with Crippen LogP contribution in [0, 0.1) is 0 Å². The third kappa shape index (κ3) is 18.1. The van der Waals surface area contributed by atoms with Gasteiger partial charge in [-0.25, -0.2) is 19.2 Å². The van der Waals surface area contributed by atoms with Crippen molar-refractivity contribution >= 4 is 42.1 Å². The second-order valence-corrected chi connectivity index (χ2v) is 23.8. The second kappa shape index (κ2) is 34.9. The van der Waals surface area contributed by atoms with Crippen molar-refractivity contribution in [1.29, 1.82) is 0 Å². The number of carbonyl (C=O) groups excluding carboxylic acids is 4. The number of ether oxygens (including phenoxy) is 16. The third-order valence-electron chi connectivity index (χ3n) is 17.0. The Bertz CT molecular complexity index is 3550. The predicted octanol–water partition coefficient (Wildman–Crippen LogP) is -3.45. The van der Waals surface area contributed by atoms with Gasteiger partial charge in [-0.3, -0.25) is 0 Å². The fourth-order valence-electron chi connectivity index (χ4n) is 11.4. The minimum absolute atomic E-state index is 0.0111. The van der Waals surface area contributed by atoms with Gasteiger partial charge in [0.2, 0.25) is 12.1 Å². The van der Waals surface area contributed by atoms with Crippen LogP contribution in [0.5, 0.6) is 34.5 Å². The van der Waals surface area contributed by atoms with Crippen molar-refractivity contribution < 1.29 is 172 Å². The van der Waals surface area contributed by atoms with Gasteiger partial charge >= 0.3 is 23.9 Å². The molecule has 0 aliphatic carbocycles. The van der Waals surface area contributed by atoms with Crippen LogP contribution < -0.4 is 18.9 Å². The summed E-state index contributed by atoms with van der Waals surface area (Å²) in [5.74, 6) is -8.28. The number of esters is 4. The number of aliphatic hydroxyl groups is 13. The highest BCUT2D eigenvalue weighted by Gasteiger charge is 2.64. The van der Waals surface area contributed by atoms with E-state index in [4.69, 9.17) is 75.8 Å². The van der Waals surface area contributed by atoms with Crippen LogP contribution in [0.25, 0.3) is 18.2 Å². The zero-order valence-electron chi connectivity index (χ0n) is 54.7. The average molecular weight is 1450 g/mol. The molecule has 0 amide bonds. The van der Waals surface area contributed by atoms with Gasteiger partial charge in [-0.2, -0.15) is 0 Å². The minimum Gasteiger partial charge on any atom is -0.504 e. The van der Waals surface area contributed by atoms with Crippen molar-refractivity contribution in [3.63, 3.8) is 0 Å². The Morgan fingerprint density at radius 1 is 0.461 bits per heavy atom. The number of rotatable bonds is 27. The summed E-state index contributed by atoms with van der Waals surface area (Å²) in [6.45, 7) is -4.20. The predicted molar refractivity (Wildman–Crippen MR) is 338 cm³/mol. The van der Waals surface area contributed by atoms with Gasteiger partial charge in [-0.15, -0.1) is 0 Å². The highest BCUT2D eigenvalue weighted by atomic mass is 16.8. The SMILES string of the molecule is COc1cc(C=CC(=O)OC[C@H]2O[C@@H](O[C@@H]3[C@@H](O[C@@H]4O[C@H](CO)[C@@H](O)[C@H](O)[C@H]4O)[C@@H](O[C@]4(COC(=O)C=Cc5ccc(O)c(OC)c5)O[C@H](CO)[C@@H](O)[C@@H]4OC(=O)c4ccccc4)O[C@H](CO)[C@H]3OC(=O)C=Cc3ccc(O[C@H]4O[C@@H](C)[C@H](O)[C@@H](O)[C@H]4O)c(OC)c3)[C@H](O)[C@@H](O)[C@@H]2O)ccc1O. The van der Waals surface area contributed by atoms with Crippen molar-refractivity contribution in [3.05, 3.63) is 125 Å². The fourth-order valence-corrected chi connectivity index (χ4v) is 11.4. The largest absolute Gasteiger partial charge is 0.504 e. The van der Waals surface area contributed by atoms with E-state index < -0.39 is 204 Å². The molecular formula is C67H80O35. The summed E-state index contributed by atoms with van der Waals surface area (Å²) in [6, 6.07) is 19.2. The van der Waals surface area contributed by atoms with Crippen LogP contribution in [0.3, 0.4) is 0 Å². The van der Waals surface area contributed by atoms with Crippen LogP contribution in [-0.2, 0) is 71.2 Å². The molecule has 0 aromatic heterocycles. The molecule has 0 saturated carbocycles. The molecule has 9 rings (SSSR count). The summed E-state index contributed by atoms with van der Waals surface area (Å²) in [7, 11) is 3.81. The normalized spacial score (nSPS) is 34.1. The Balaban J connectivity index is 1.12. The topological polar surface area (TPSA) is 519 Å². The molecule has 35 heteroatoms. The van der Waals surface area contributed by atoms with E-state index in [1.165, 1.54) is 119 Å². The lowest BCUT2D eigenvalue weighted by Crippen LogP contribution is -2.69. The number of hydrogen-bond acceptors (Lipinski definition) is 35. The van der Waals surface area contributed by atoms with E-state index >= 15 is 0 Å². The van der Waals surface area contributed by atoms with E-state index in [0.717, 1.165) is 24.3 Å². The van der Waals surface area contributed by atoms with Gasteiger partial charge in [-0.05, 0) is 90.4 Å². The summed E-state index contributed by atoms with van der Waals surface area (Å²) in [5.41, 5.74) is 0.656. The maximum Gasteiger partial charge on any atom is 0.338 e. The standard InChI is InChI=1S/C67H80O35/c1-30-48(76)52(80)55(83)63(92-30)93-37-18-12-33(24-40(37)89-4)15-21-47(75)97-58-43(27-70)95-66(102-67(29-91-46(74)20-14-32-11-17-36(72)39(23-32)88-3)61(51(79)42(26-69)101-67)100-62(86)34-8-6-5-7-9-34)60(99-64-56(84)53(81)49(77)41(25-68)94-64)59(58)98-65-57(85)54(82)50(78)44(96-65)28-90-45(73)19-13-31-10-16-35(71)38(22-31)87-2/h5-24,30,41-44,48-61,63-66,68-72,76-85H,25-29H2,1-4H3/t30-,41+,42+,43+,44+,48-,49+,50+,51+,52+,53-,54-,55+,56+,57+,58+,59-,60+,61-,63+,64-,65-,66+,67-/m0/s1. The van der Waals surface area contributed by atoms with Crippen molar-refractivity contribution in [2.24, 2.45) is 0 Å². The molecule has 102 heavy (non-hydrogen) atoms. The Morgan fingerprint density at radius 2 is 0.951 bits per heavy atom. The fraction of sp³-hybridized carbons (Fsp3) is 0.493. The monoisotopic (exact) mass is 1440 g/mol. The van der Waals surface area contributed by atoms with Crippen LogP contribution in [0.15, 0.2) is 103 Å². The van der Waals surface area contributed by atoms with E-state index in [-0.39, 0.29) is 51.2 Å². The molecule has 5 fully saturated rings. The quantitative estimate of drug-likeness (QED) is 0.0157. The first-order chi connectivity index (χ1) is 48.7. The Kier molecular flexibility index (Phi) is 26.8. The summed E-state index contributed by atoms with van der Waals surface area (Å²) in [4.78, 5) is 55.7. The number of aromatic hydroxyl groups is 2. The van der Waals surface area contributed by atoms with Crippen molar-refractivity contribution in [1.82, 2.24) is 0 Å². The van der Waals surface area contributed by atoms with Gasteiger partial charge in [0.05, 0.1) is 52.8 Å². The highest BCUT2D eigenvalue weighted by Crippen LogP contribution is 2.43. The minimum atomic E-state index is -2.99. The number of benzene rings is 4. The highest BCUT2D eigenvalue weighted by molar-refractivity contribution is 5.90. The number of hydrogen-bond donors (Lipinski definition) is 15. The van der Waals surface area contributed by atoms with Crippen molar-refractivity contribution in [2.45, 2.75) is 154 Å². The molecule has 5 saturated heterocycles. The summed E-state index contributed by atoms with van der Waals surface area (Å²) in [5, 5.41) is 164. The molecule has 24 atom stereocenters. The summed E-state index contributed by atoms with van der Waals surface area (Å²) < 4.78 is 93.9. The number of aliphatic hydroxyl groups excluding tert-OH is 13. The van der Waals surface area contributed by atoms with Crippen LogP contribution in [-0.4, -0.2) is 302 Å². The summed E-state index contributed by atoms with van der Waals surface area (Å²) in [6.07, 6.45) is -40.5. The molecule has 4 aromatic carbocycles. The number of phenolic OH excluding ortho intramolecular Hbond substituents is 2. The van der Waals surface area contributed by atoms with Crippen LogP contribution in [0.4, 0.5) is 0 Å². The van der Waals surface area contributed by atoms with Gasteiger partial charge < -0.3 is 152 Å². The molecule has 4 aromatic rings. The van der Waals surface area contributed by atoms with Crippen LogP contribution in [0.2, 0.25) is 0 Å². The second-order valence-electron chi connectivity index (χ2n) is 23.8. The molecule has 5 aliphatic rings. The van der Waals surface area contributed by atoms with Gasteiger partial charge in [0, 0.05) is 18.2 Å². The Labute approximate surface area is 580 Å². The molecule has 0 bridgehead atoms. The molecule has 558 valence electrons. The smallest absolute Gasteiger partial charge is 0.338 e. The van der Waals surface area contributed by atoms with E-state index in [1.807, 2.05) is 0 Å². The number of carbonyl (C=O) groups is 4. The van der Waals surface area contributed by atoms with E-state index in [9.17, 15) is 95.8 Å². The maximum absolute atomic E-state index is 14.5. The molecule has 0 unspecified atom stereocenters. The molecule has 15 N–H and O–H groups in total. The van der Waals surface area contributed by atoms with Gasteiger partial charge in [0.15, 0.2) is 65.6 Å². The van der Waals surface area contributed by atoms with E-state index in [1.54, 1.807) is 6.07 Å². The van der Waals surface area contributed by atoms with Crippen LogP contribution >= 0.6 is 0 Å². The number of methoxy groups -OCH3 is 3. The van der Waals surface area contributed by atoms with E-state index in [2.05, 4.69) is 0 Å². The van der Waals surface area contributed by atoms with Crippen LogP contribution in [0.1, 0.15) is 34.0 Å². The van der Waals surface area contributed by atoms with E-state index in [0.29, 0.717) is 5.56 Å². The lowest BCUT2D eigenvalue weighted by Gasteiger charge is -2.50. The number of phenols is 2. The molecule has 35 nitrogen and oxygen atoms in total. The molecule has 0 radical (unpaired) electrons.